The van der Waals surface area contributed by atoms with Crippen molar-refractivity contribution in [3.05, 3.63) is 53.5 Å². The second kappa shape index (κ2) is 4.30. The van der Waals surface area contributed by atoms with E-state index in [1.165, 1.54) is 0 Å². The lowest BCUT2D eigenvalue weighted by Crippen LogP contribution is -1.97. The van der Waals surface area contributed by atoms with Gasteiger partial charge in [-0.2, -0.15) is 5.26 Å². The van der Waals surface area contributed by atoms with Crippen LogP contribution in [0.5, 0.6) is 0 Å². The molecule has 0 atom stereocenters. The van der Waals surface area contributed by atoms with Crippen LogP contribution >= 0.6 is 0 Å². The fraction of sp³-hybridized carbons (Fsp3) is 0.0769. The van der Waals surface area contributed by atoms with Gasteiger partial charge in [0.1, 0.15) is 6.07 Å². The van der Waals surface area contributed by atoms with Crippen LogP contribution < -0.4 is 0 Å². The molecule has 0 spiro atoms. The van der Waals surface area contributed by atoms with Gasteiger partial charge in [-0.15, -0.1) is 13.0 Å². The third-order valence-electron chi connectivity index (χ3n) is 2.06. The topological polar surface area (TPSA) is 23.8 Å². The second-order valence-electron chi connectivity index (χ2n) is 2.87. The molecule has 0 aliphatic rings. The van der Waals surface area contributed by atoms with Crippen LogP contribution in [0.4, 0.5) is 0 Å². The molecule has 0 unspecified atom stereocenters. The number of hydrogen-bond acceptors (Lipinski definition) is 1. The Morgan fingerprint density at radius 3 is 2.79 bits per heavy atom. The zero-order chi connectivity index (χ0) is 10.6. The van der Waals surface area contributed by atoms with E-state index in [9.17, 15) is 0 Å². The maximum Gasteiger partial charge on any atom is 0.101 e. The number of benzene rings is 1. The summed E-state index contributed by atoms with van der Waals surface area (Å²) >= 11 is 0. The Morgan fingerprint density at radius 2 is 2.29 bits per heavy atom. The van der Waals surface area contributed by atoms with Crippen molar-refractivity contribution in [1.29, 1.82) is 5.26 Å². The van der Waals surface area contributed by atoms with Gasteiger partial charge in [0.25, 0.3) is 0 Å². The quantitative estimate of drug-likeness (QED) is 0.642. The highest BCUT2D eigenvalue weighted by Gasteiger charge is 2.10. The van der Waals surface area contributed by atoms with Crippen LogP contribution in [0.3, 0.4) is 0 Å². The lowest BCUT2D eigenvalue weighted by atomic mass is 9.93. The third-order valence-corrected chi connectivity index (χ3v) is 2.06. The minimum absolute atomic E-state index is 0.549. The molecule has 1 aromatic carbocycles. The van der Waals surface area contributed by atoms with Crippen molar-refractivity contribution >= 4 is 0 Å². The van der Waals surface area contributed by atoms with Gasteiger partial charge in [-0.3, -0.25) is 0 Å². The van der Waals surface area contributed by atoms with E-state index in [0.29, 0.717) is 11.1 Å². The van der Waals surface area contributed by atoms with E-state index < -0.39 is 0 Å². The van der Waals surface area contributed by atoms with Gasteiger partial charge in [0, 0.05) is 11.5 Å². The highest BCUT2D eigenvalue weighted by atomic mass is 14.3. The average Bonchev–Trinajstić information content (AvgIpc) is 2.26. The molecule has 0 aliphatic carbocycles. The Morgan fingerprint density at radius 1 is 1.57 bits per heavy atom. The fourth-order valence-corrected chi connectivity index (χ4v) is 1.23. The first-order valence-corrected chi connectivity index (χ1v) is 4.20. The van der Waals surface area contributed by atoms with E-state index in [2.05, 4.69) is 18.6 Å². The summed E-state index contributed by atoms with van der Waals surface area (Å²) in [5.41, 5.74) is 2.04. The highest BCUT2D eigenvalue weighted by Crippen LogP contribution is 2.21. The largest absolute Gasteiger partial charge is 0.192 e. The lowest BCUT2D eigenvalue weighted by molar-refractivity contribution is 1.23. The molecule has 0 aromatic heterocycles. The molecule has 0 N–H and O–H groups in total. The Kier molecular flexibility index (Phi) is 3.10. The molecule has 0 fully saturated rings. The summed E-state index contributed by atoms with van der Waals surface area (Å²) in [4.78, 5) is 0. The van der Waals surface area contributed by atoms with Crippen LogP contribution in [-0.2, 0) is 0 Å². The molecule has 1 radical (unpaired) electrons. The normalized spacial score (nSPS) is 9.14. The summed E-state index contributed by atoms with van der Waals surface area (Å²) in [5, 5.41) is 8.98. The summed E-state index contributed by atoms with van der Waals surface area (Å²) in [6.45, 7) is 5.58. The predicted octanol–water partition coefficient (Wildman–Crippen LogP) is 2.67. The molecule has 0 aliphatic heterocycles. The van der Waals surface area contributed by atoms with Crippen LogP contribution in [0.1, 0.15) is 23.6 Å². The van der Waals surface area contributed by atoms with E-state index in [1.807, 2.05) is 19.1 Å². The average molecular weight is 180 g/mol. The van der Waals surface area contributed by atoms with E-state index in [0.717, 1.165) is 11.5 Å². The number of rotatable bonds is 2. The first-order chi connectivity index (χ1) is 6.74. The number of terminal acetylenes is 1. The molecular formula is C13H10N. The summed E-state index contributed by atoms with van der Waals surface area (Å²) < 4.78 is 0. The molecule has 1 rings (SSSR count). The molecule has 14 heavy (non-hydrogen) atoms. The van der Waals surface area contributed by atoms with Gasteiger partial charge in [-0.05, 0) is 11.6 Å². The Labute approximate surface area is 84.7 Å². The molecule has 0 amide bonds. The number of nitriles is 1. The molecule has 1 heteroatoms. The van der Waals surface area contributed by atoms with E-state index in [-0.39, 0.29) is 0 Å². The van der Waals surface area contributed by atoms with E-state index >= 15 is 0 Å². The molecule has 0 saturated carbocycles. The zero-order valence-corrected chi connectivity index (χ0v) is 8.04. The van der Waals surface area contributed by atoms with Crippen LogP contribution in [0.25, 0.3) is 0 Å². The van der Waals surface area contributed by atoms with E-state index in [4.69, 9.17) is 11.7 Å². The molecule has 1 aromatic rings. The van der Waals surface area contributed by atoms with Crippen molar-refractivity contribution in [1.82, 2.24) is 0 Å². The Bertz CT molecular complexity index is 430. The minimum atomic E-state index is 0.549. The molecule has 1 nitrogen and oxygen atoms in total. The highest BCUT2D eigenvalue weighted by molar-refractivity contribution is 5.56. The van der Waals surface area contributed by atoms with Gasteiger partial charge in [0.05, 0.1) is 5.56 Å². The Balaban J connectivity index is 3.40. The predicted molar refractivity (Wildman–Crippen MR) is 57.3 cm³/mol. The van der Waals surface area contributed by atoms with Gasteiger partial charge in [-0.1, -0.05) is 31.1 Å². The first kappa shape index (κ1) is 10.1. The smallest absolute Gasteiger partial charge is 0.101 e. The van der Waals surface area contributed by atoms with Crippen molar-refractivity contribution in [3.8, 4) is 18.4 Å². The first-order valence-electron chi connectivity index (χ1n) is 4.20. The number of hydrogen-bond donors (Lipinski definition) is 0. The van der Waals surface area contributed by atoms with Gasteiger partial charge in [-0.25, -0.2) is 0 Å². The maximum absolute atomic E-state index is 8.98. The van der Waals surface area contributed by atoms with Gasteiger partial charge >= 0.3 is 0 Å². The van der Waals surface area contributed by atoms with Crippen molar-refractivity contribution in [2.24, 2.45) is 0 Å². The molecule has 0 bridgehead atoms. The van der Waals surface area contributed by atoms with E-state index in [1.54, 1.807) is 12.1 Å². The molecule has 0 saturated heterocycles. The number of allylic oxidation sites excluding steroid dienone is 1. The van der Waals surface area contributed by atoms with Crippen LogP contribution in [0.2, 0.25) is 0 Å². The monoisotopic (exact) mass is 180 g/mol. The van der Waals surface area contributed by atoms with Crippen molar-refractivity contribution < 1.29 is 0 Å². The van der Waals surface area contributed by atoms with Crippen molar-refractivity contribution in [2.75, 3.05) is 0 Å². The summed E-state index contributed by atoms with van der Waals surface area (Å²) in [7, 11) is 0. The molecular weight excluding hydrogens is 170 g/mol. The third kappa shape index (κ3) is 1.68. The van der Waals surface area contributed by atoms with Gasteiger partial charge in [0.2, 0.25) is 0 Å². The zero-order valence-electron chi connectivity index (χ0n) is 8.04. The lowest BCUT2D eigenvalue weighted by Gasteiger charge is -2.08. The van der Waals surface area contributed by atoms with Crippen LogP contribution in [-0.4, -0.2) is 0 Å². The summed E-state index contributed by atoms with van der Waals surface area (Å²) in [6, 6.07) is 7.60. The fourth-order valence-electron chi connectivity index (χ4n) is 1.23. The van der Waals surface area contributed by atoms with Crippen molar-refractivity contribution in [2.45, 2.75) is 6.92 Å². The maximum atomic E-state index is 8.98. The van der Waals surface area contributed by atoms with Crippen molar-refractivity contribution in [3.63, 3.8) is 0 Å². The van der Waals surface area contributed by atoms with Crippen LogP contribution in [0.15, 0.2) is 30.9 Å². The van der Waals surface area contributed by atoms with Crippen LogP contribution in [0, 0.1) is 29.6 Å². The Hall–Kier alpha value is -1.99. The summed E-state index contributed by atoms with van der Waals surface area (Å²) in [5.74, 6) is 3.45. The standard InChI is InChI=1S/C13H10N/c1-4-10(3)12-8-6-7-11(5-2)13(12)9-14/h2,4,6-8H,1H2,3H3. The van der Waals surface area contributed by atoms with Gasteiger partial charge in [0.15, 0.2) is 0 Å². The summed E-state index contributed by atoms with van der Waals surface area (Å²) in [6.07, 6.45) is 7.02. The number of nitrogens with zero attached hydrogens (tertiary/aromatic N) is 1. The van der Waals surface area contributed by atoms with Gasteiger partial charge < -0.3 is 0 Å². The second-order valence-corrected chi connectivity index (χ2v) is 2.87. The SMILES string of the molecule is C#Cc1cccc([C](C)C=C)c1C#N. The molecule has 0 heterocycles. The molecule has 67 valence electrons. The minimum Gasteiger partial charge on any atom is -0.192 e.